The van der Waals surface area contributed by atoms with Gasteiger partial charge in [0.05, 0.1) is 46.8 Å². The number of alkyl halides is 1. The standard InChI is InChI=1S/C32H33ClF2N6O3S/c1-18(34)32(42)41-14-22-17-43-30-29(40(22)13-20(41)6-8-36)23-7-9-39(26-4-3-5-27-24(26)11-28(33)45-27)15-25(23)37-31(30)44-16-21-10-19(35)12-38(21)2/h3-5,11,19-22H,1,6-7,9-10,12-17H2,2H3/t19-,20+,21+,22?/m1/s1. The van der Waals surface area contributed by atoms with Crippen molar-refractivity contribution < 1.29 is 23.0 Å². The molecule has 6 heterocycles. The second-order valence-electron chi connectivity index (χ2n) is 12.2. The van der Waals surface area contributed by atoms with Crippen molar-refractivity contribution in [2.75, 3.05) is 56.2 Å². The minimum atomic E-state index is -1.05. The van der Waals surface area contributed by atoms with Crippen molar-refractivity contribution in [3.8, 4) is 17.7 Å². The first-order valence-corrected chi connectivity index (χ1v) is 16.3. The van der Waals surface area contributed by atoms with E-state index in [1.165, 1.54) is 4.90 Å². The lowest BCUT2D eigenvalue weighted by molar-refractivity contribution is -0.132. The van der Waals surface area contributed by atoms with E-state index in [1.54, 1.807) is 11.3 Å². The van der Waals surface area contributed by atoms with Crippen LogP contribution in [0, 0.1) is 11.3 Å². The van der Waals surface area contributed by atoms with Crippen molar-refractivity contribution in [1.29, 1.82) is 5.26 Å². The number of nitriles is 1. The van der Waals surface area contributed by atoms with Crippen molar-refractivity contribution in [2.45, 2.75) is 50.1 Å². The number of benzene rings is 1. The number of pyridine rings is 1. The lowest BCUT2D eigenvalue weighted by Gasteiger charge is -2.50. The summed E-state index contributed by atoms with van der Waals surface area (Å²) in [7, 11) is 1.89. The fourth-order valence-electron chi connectivity index (χ4n) is 7.16. The van der Waals surface area contributed by atoms with Crippen LogP contribution >= 0.6 is 22.9 Å². The highest BCUT2D eigenvalue weighted by atomic mass is 35.5. The summed E-state index contributed by atoms with van der Waals surface area (Å²) < 4.78 is 42.7. The van der Waals surface area contributed by atoms with Crippen LogP contribution in [0.1, 0.15) is 24.1 Å². The molecule has 1 aromatic carbocycles. The SMILES string of the molecule is C=C(F)C(=O)N1CC2COc3c(OC[C@@H]4C[C@@H](F)CN4C)nc4c(c3N2C[C@@H]1CC#N)CCN(c1cccc2sc(Cl)cc12)C4. The lowest BCUT2D eigenvalue weighted by atomic mass is 9.95. The summed E-state index contributed by atoms with van der Waals surface area (Å²) in [6, 6.07) is 9.47. The van der Waals surface area contributed by atoms with Crippen LogP contribution in [0.3, 0.4) is 0 Å². The van der Waals surface area contributed by atoms with E-state index in [9.17, 15) is 18.8 Å². The fraction of sp³-hybridized carbons (Fsp3) is 0.469. The molecule has 3 aromatic rings. The number of piperazine rings is 1. The van der Waals surface area contributed by atoms with Crippen LogP contribution in [0.25, 0.3) is 10.1 Å². The second-order valence-corrected chi connectivity index (χ2v) is 13.9. The van der Waals surface area contributed by atoms with Gasteiger partial charge < -0.3 is 24.2 Å². The van der Waals surface area contributed by atoms with Gasteiger partial charge in [0.15, 0.2) is 5.83 Å². The highest BCUT2D eigenvalue weighted by molar-refractivity contribution is 7.22. The number of carbonyl (C=O) groups excluding carboxylic acids is 1. The monoisotopic (exact) mass is 654 g/mol. The van der Waals surface area contributed by atoms with Crippen LogP contribution in [0.4, 0.5) is 20.2 Å². The molecule has 2 aromatic heterocycles. The number of nitrogens with zero attached hydrogens (tertiary/aromatic N) is 6. The molecule has 9 nitrogen and oxygen atoms in total. The van der Waals surface area contributed by atoms with Gasteiger partial charge in [-0.2, -0.15) is 5.26 Å². The number of fused-ring (bicyclic) bond motifs is 6. The number of aromatic nitrogens is 1. The molecule has 2 saturated heterocycles. The number of rotatable bonds is 6. The van der Waals surface area contributed by atoms with Gasteiger partial charge in [0, 0.05) is 53.6 Å². The van der Waals surface area contributed by atoms with E-state index < -0.39 is 23.9 Å². The van der Waals surface area contributed by atoms with E-state index in [4.69, 9.17) is 26.1 Å². The van der Waals surface area contributed by atoms with Gasteiger partial charge in [-0.3, -0.25) is 9.69 Å². The molecule has 4 aliphatic heterocycles. The molecule has 0 radical (unpaired) electrons. The molecule has 0 bridgehead atoms. The first-order valence-electron chi connectivity index (χ1n) is 15.1. The van der Waals surface area contributed by atoms with Crippen LogP contribution in [0.2, 0.25) is 4.34 Å². The van der Waals surface area contributed by atoms with Crippen LogP contribution in [-0.4, -0.2) is 91.4 Å². The zero-order chi connectivity index (χ0) is 31.4. The summed E-state index contributed by atoms with van der Waals surface area (Å²) in [5, 5.41) is 10.7. The molecule has 0 aliphatic carbocycles. The molecule has 1 unspecified atom stereocenters. The van der Waals surface area contributed by atoms with Crippen molar-refractivity contribution in [2.24, 2.45) is 0 Å². The predicted molar refractivity (Wildman–Crippen MR) is 170 cm³/mol. The van der Waals surface area contributed by atoms with Crippen LogP contribution in [-0.2, 0) is 17.8 Å². The van der Waals surface area contributed by atoms with Crippen LogP contribution in [0.5, 0.6) is 11.6 Å². The molecule has 13 heteroatoms. The number of anilines is 2. The van der Waals surface area contributed by atoms with Crippen LogP contribution in [0.15, 0.2) is 36.7 Å². The molecule has 0 spiro atoms. The maximum Gasteiger partial charge on any atom is 0.282 e. The van der Waals surface area contributed by atoms with E-state index in [-0.39, 0.29) is 38.3 Å². The number of likely N-dealkylation sites (N-methyl/N-ethyl adjacent to an activating group) is 1. The van der Waals surface area contributed by atoms with Gasteiger partial charge in [0.2, 0.25) is 5.75 Å². The number of carbonyl (C=O) groups is 1. The summed E-state index contributed by atoms with van der Waals surface area (Å²) in [4.78, 5) is 25.6. The normalized spacial score (nSPS) is 24.5. The highest BCUT2D eigenvalue weighted by Gasteiger charge is 2.44. The lowest BCUT2D eigenvalue weighted by Crippen LogP contribution is -2.63. The van der Waals surface area contributed by atoms with Gasteiger partial charge in [-0.05, 0) is 38.1 Å². The Morgan fingerprint density at radius 2 is 2.16 bits per heavy atom. The van der Waals surface area contributed by atoms with Gasteiger partial charge in [0.25, 0.3) is 11.8 Å². The molecule has 236 valence electrons. The maximum atomic E-state index is 14.2. The molecule has 0 saturated carbocycles. The molecular formula is C32H33ClF2N6O3S. The van der Waals surface area contributed by atoms with Crippen molar-refractivity contribution >= 4 is 50.3 Å². The van der Waals surface area contributed by atoms with E-state index in [1.807, 2.05) is 24.1 Å². The molecule has 1 amide bonds. The van der Waals surface area contributed by atoms with E-state index in [0.717, 1.165) is 43.6 Å². The Kier molecular flexibility index (Phi) is 7.96. The van der Waals surface area contributed by atoms with E-state index in [2.05, 4.69) is 34.6 Å². The minimum Gasteiger partial charge on any atom is -0.484 e. The van der Waals surface area contributed by atoms with Gasteiger partial charge in [-0.25, -0.2) is 13.8 Å². The van der Waals surface area contributed by atoms with E-state index in [0.29, 0.717) is 44.1 Å². The van der Waals surface area contributed by atoms with Gasteiger partial charge in [0.1, 0.15) is 19.4 Å². The Hall–Kier alpha value is -3.66. The Labute approximate surface area is 269 Å². The van der Waals surface area contributed by atoms with Crippen molar-refractivity contribution in [3.05, 3.63) is 52.3 Å². The molecule has 0 N–H and O–H groups in total. The van der Waals surface area contributed by atoms with Gasteiger partial charge >= 0.3 is 0 Å². The number of hydrogen-bond acceptors (Lipinski definition) is 9. The average Bonchev–Trinajstić information content (AvgIpc) is 3.57. The van der Waals surface area contributed by atoms with Crippen LogP contribution < -0.4 is 19.3 Å². The molecule has 4 atom stereocenters. The summed E-state index contributed by atoms with van der Waals surface area (Å²) in [6.45, 7) is 5.83. The molecule has 4 aliphatic rings. The summed E-state index contributed by atoms with van der Waals surface area (Å²) in [5.41, 5.74) is 3.79. The Morgan fingerprint density at radius 1 is 1.31 bits per heavy atom. The minimum absolute atomic E-state index is 0.0501. The first kappa shape index (κ1) is 30.0. The summed E-state index contributed by atoms with van der Waals surface area (Å²) in [5.74, 6) is -0.973. The largest absolute Gasteiger partial charge is 0.484 e. The van der Waals surface area contributed by atoms with Gasteiger partial charge in [-0.15, -0.1) is 11.3 Å². The molecular weight excluding hydrogens is 622 g/mol. The maximum absolute atomic E-state index is 14.2. The molecule has 45 heavy (non-hydrogen) atoms. The number of hydrogen-bond donors (Lipinski definition) is 0. The molecule has 7 rings (SSSR count). The number of ether oxygens (including phenoxy) is 2. The summed E-state index contributed by atoms with van der Waals surface area (Å²) >= 11 is 7.93. The third-order valence-corrected chi connectivity index (χ3v) is 10.6. The average molecular weight is 655 g/mol. The third-order valence-electron chi connectivity index (χ3n) is 9.37. The Morgan fingerprint density at radius 3 is 2.91 bits per heavy atom. The zero-order valence-electron chi connectivity index (χ0n) is 24.8. The number of halogens is 3. The number of thiophene rings is 1. The quantitative estimate of drug-likeness (QED) is 0.339. The first-order chi connectivity index (χ1) is 21.7. The zero-order valence-corrected chi connectivity index (χ0v) is 26.4. The van der Waals surface area contributed by atoms with Crippen molar-refractivity contribution in [3.63, 3.8) is 0 Å². The van der Waals surface area contributed by atoms with Crippen molar-refractivity contribution in [1.82, 2.24) is 14.8 Å². The Balaban J connectivity index is 1.27. The topological polar surface area (TPSA) is 85.2 Å². The summed E-state index contributed by atoms with van der Waals surface area (Å²) in [6.07, 6.45) is 0.214. The Bertz CT molecular complexity index is 1710. The highest BCUT2D eigenvalue weighted by Crippen LogP contribution is 2.48. The van der Waals surface area contributed by atoms with Gasteiger partial charge in [-0.1, -0.05) is 24.2 Å². The number of amides is 1. The second kappa shape index (κ2) is 11.9. The van der Waals surface area contributed by atoms with E-state index >= 15 is 0 Å². The predicted octanol–water partition coefficient (Wildman–Crippen LogP) is 5.11. The smallest absolute Gasteiger partial charge is 0.282 e. The third kappa shape index (κ3) is 5.45. The molecule has 2 fully saturated rings. The fourth-order valence-corrected chi connectivity index (χ4v) is 8.32. The number of likely N-dealkylation sites (tertiary alicyclic amines) is 1.